The van der Waals surface area contributed by atoms with E-state index >= 15 is 0 Å². The number of carbonyl (C=O) groups is 3. The molecule has 9 rings (SSSR count). The number of hydrogen-bond acceptors (Lipinski definition) is 24. The molecule has 0 amide bonds. The Labute approximate surface area is 510 Å². The maximum atomic E-state index is 13.0. The largest absolute Gasteiger partial charge is 0.462 e. The van der Waals surface area contributed by atoms with E-state index in [0.29, 0.717) is 0 Å². The standard InChI is InChI=1S/3C16H23ClN3O8P/c3*1-8(2)26-13(22)9(3)19-29(24)25-7-10-12(28-29)16(4,17)14(27-10)20-6-5-11(21)18-15(20)23/h3*5-6,8-10,12,14H,7H2,1-4H3,(H,19,24)(H,18,21,23)/t9-,10+,12+,14+,16+,29-;9-,10-,12-,14-,16-,29+;9-,10-,12-,14-,16-,29-/m011/s1. The van der Waals surface area contributed by atoms with Crippen molar-refractivity contribution in [2.24, 2.45) is 0 Å². The zero-order chi connectivity index (χ0) is 64.7. The van der Waals surface area contributed by atoms with Gasteiger partial charge < -0.3 is 28.4 Å². The monoisotopic (exact) mass is 1350 g/mol. The molecule has 0 saturated carbocycles. The molecule has 486 valence electrons. The Balaban J connectivity index is 0.000000186. The summed E-state index contributed by atoms with van der Waals surface area (Å²) in [5.74, 6) is -1.84. The van der Waals surface area contributed by atoms with Crippen molar-refractivity contribution in [1.29, 1.82) is 0 Å². The van der Waals surface area contributed by atoms with Crippen molar-refractivity contribution >= 4 is 76.0 Å². The third kappa shape index (κ3) is 16.2. The Morgan fingerprint density at radius 3 is 0.920 bits per heavy atom. The van der Waals surface area contributed by atoms with Gasteiger partial charge >= 0.3 is 58.2 Å². The average molecular weight is 1360 g/mol. The molecule has 39 heteroatoms. The van der Waals surface area contributed by atoms with Gasteiger partial charge in [0.25, 0.3) is 16.7 Å². The summed E-state index contributed by atoms with van der Waals surface area (Å²) < 4.78 is 108. The van der Waals surface area contributed by atoms with Gasteiger partial charge in [0, 0.05) is 36.8 Å². The summed E-state index contributed by atoms with van der Waals surface area (Å²) in [4.78, 5) is 109. The van der Waals surface area contributed by atoms with Gasteiger partial charge in [-0.25, -0.2) is 43.3 Å². The molecule has 6 saturated heterocycles. The van der Waals surface area contributed by atoms with Crippen molar-refractivity contribution in [3.8, 4) is 0 Å². The molecule has 6 N–H and O–H groups in total. The number of alkyl halides is 3. The van der Waals surface area contributed by atoms with Crippen molar-refractivity contribution in [3.63, 3.8) is 0 Å². The number of aromatic amines is 3. The number of nitrogens with zero attached hydrogens (tertiary/aromatic N) is 3. The first-order valence-corrected chi connectivity index (χ1v) is 32.8. The maximum absolute atomic E-state index is 13.0. The highest BCUT2D eigenvalue weighted by molar-refractivity contribution is 7.52. The summed E-state index contributed by atoms with van der Waals surface area (Å²) in [7, 11) is -11.7. The van der Waals surface area contributed by atoms with E-state index in [9.17, 15) is 56.8 Å². The summed E-state index contributed by atoms with van der Waals surface area (Å²) in [5.41, 5.74) is -3.81. The minimum atomic E-state index is -3.92. The highest BCUT2D eigenvalue weighted by Gasteiger charge is 2.63. The first-order chi connectivity index (χ1) is 40.3. The Kier molecular flexibility index (Phi) is 21.8. The van der Waals surface area contributed by atoms with Gasteiger partial charge in [-0.1, -0.05) is 0 Å². The van der Waals surface area contributed by atoms with E-state index in [4.69, 9.17) is 90.4 Å². The second-order valence-corrected chi connectivity index (χ2v) is 29.7. The molecule has 6 fully saturated rings. The molecule has 87 heavy (non-hydrogen) atoms. The van der Waals surface area contributed by atoms with E-state index in [1.807, 2.05) is 0 Å². The normalized spacial score (nSPS) is 35.3. The van der Waals surface area contributed by atoms with Crippen LogP contribution in [0.4, 0.5) is 0 Å². The fraction of sp³-hybridized carbons (Fsp3) is 0.688. The van der Waals surface area contributed by atoms with Gasteiger partial charge in [0.2, 0.25) is 0 Å². The average Bonchev–Trinajstić information content (AvgIpc) is 1.75. The van der Waals surface area contributed by atoms with Crippen molar-refractivity contribution in [1.82, 2.24) is 43.9 Å². The van der Waals surface area contributed by atoms with Crippen LogP contribution in [0.2, 0.25) is 0 Å². The highest BCUT2D eigenvalue weighted by Crippen LogP contribution is 2.60. The van der Waals surface area contributed by atoms with Crippen molar-refractivity contribution in [3.05, 3.63) is 99.3 Å². The van der Waals surface area contributed by atoms with Crippen molar-refractivity contribution in [2.45, 2.75) is 189 Å². The van der Waals surface area contributed by atoms with E-state index < -0.39 is 163 Å². The van der Waals surface area contributed by atoms with E-state index in [2.05, 4.69) is 30.2 Å². The number of ether oxygens (including phenoxy) is 6. The highest BCUT2D eigenvalue weighted by atomic mass is 35.5. The number of rotatable bonds is 15. The topological polar surface area (TPSA) is 414 Å². The van der Waals surface area contributed by atoms with Crippen LogP contribution in [0.5, 0.6) is 0 Å². The smallest absolute Gasteiger partial charge is 0.406 e. The number of carbonyl (C=O) groups excluding carboxylic acids is 3. The number of H-pyrrole nitrogens is 3. The van der Waals surface area contributed by atoms with Crippen LogP contribution in [-0.4, -0.2) is 154 Å². The third-order valence-corrected chi connectivity index (χ3v) is 19.8. The zero-order valence-electron chi connectivity index (χ0n) is 48.9. The lowest BCUT2D eigenvalue weighted by Gasteiger charge is -2.36. The predicted molar refractivity (Wildman–Crippen MR) is 305 cm³/mol. The lowest BCUT2D eigenvalue weighted by Crippen LogP contribution is -2.47. The molecular weight excluding hydrogens is 1290 g/mol. The van der Waals surface area contributed by atoms with Gasteiger partial charge in [-0.15, -0.1) is 34.8 Å². The molecule has 6 aliphatic heterocycles. The molecule has 3 aromatic heterocycles. The Bertz CT molecular complexity index is 3190. The van der Waals surface area contributed by atoms with Crippen LogP contribution in [-0.2, 0) is 83.6 Å². The Morgan fingerprint density at radius 2 is 0.713 bits per heavy atom. The molecule has 18 atom stereocenters. The number of hydrogen-bond donors (Lipinski definition) is 6. The summed E-state index contributed by atoms with van der Waals surface area (Å²) in [6, 6.07) is 0.603. The summed E-state index contributed by atoms with van der Waals surface area (Å²) in [5, 5.41) is 7.59. The Hall–Kier alpha value is -4.47. The third-order valence-electron chi connectivity index (χ3n) is 13.5. The molecule has 0 unspecified atom stereocenters. The van der Waals surface area contributed by atoms with Crippen molar-refractivity contribution < 1.29 is 83.6 Å². The second-order valence-electron chi connectivity index (χ2n) is 22.1. The van der Waals surface area contributed by atoms with Crippen LogP contribution < -0.4 is 49.0 Å². The van der Waals surface area contributed by atoms with Gasteiger partial charge in [0.1, 0.15) is 69.4 Å². The second kappa shape index (κ2) is 27.2. The van der Waals surface area contributed by atoms with Gasteiger partial charge in [0.05, 0.1) is 38.1 Å². The molecular formula is C48H69Cl3N9O24P3. The van der Waals surface area contributed by atoms with Gasteiger partial charge in [-0.05, 0) is 83.1 Å². The maximum Gasteiger partial charge on any atom is 0.406 e. The number of aromatic nitrogens is 6. The molecule has 0 aromatic carbocycles. The van der Waals surface area contributed by atoms with E-state index in [1.54, 1.807) is 62.3 Å². The fourth-order valence-corrected chi connectivity index (χ4v) is 16.0. The molecule has 0 aliphatic carbocycles. The first kappa shape index (κ1) is 70.0. The zero-order valence-corrected chi connectivity index (χ0v) is 53.8. The molecule has 0 spiro atoms. The summed E-state index contributed by atoms with van der Waals surface area (Å²) in [6.07, 6.45) is -5.20. The van der Waals surface area contributed by atoms with E-state index in [1.165, 1.54) is 39.4 Å². The minimum Gasteiger partial charge on any atom is -0.462 e. The van der Waals surface area contributed by atoms with Gasteiger partial charge in [-0.2, -0.15) is 0 Å². The number of halogens is 3. The predicted octanol–water partition coefficient (Wildman–Crippen LogP) is 2.65. The molecule has 3 aromatic rings. The summed E-state index contributed by atoms with van der Waals surface area (Å²) >= 11 is 20.0. The van der Waals surface area contributed by atoms with E-state index in [-0.39, 0.29) is 38.1 Å². The number of esters is 3. The van der Waals surface area contributed by atoms with Gasteiger partial charge in [0.15, 0.2) is 18.7 Å². The fourth-order valence-electron chi connectivity index (χ4n) is 9.49. The Morgan fingerprint density at radius 1 is 0.483 bits per heavy atom. The number of nitrogens with one attached hydrogen (secondary N) is 6. The van der Waals surface area contributed by atoms with Crippen LogP contribution in [0.3, 0.4) is 0 Å². The van der Waals surface area contributed by atoms with Gasteiger partial charge in [-0.3, -0.25) is 84.6 Å². The SMILES string of the molecule is CC(C)OC(=O)[C@@H](C)N[P@@]1(=O)OC[C@H]2O[C@@H](n3ccc(=O)[nH]c3=O)[C@](C)(Cl)[C@@H]2O1.CC(C)OC(=O)[C@@H](C)N[P@]1(=O)OC[C@H]2O[C@@H](n3ccc(=O)[nH]c3=O)[C@](C)(Cl)[C@@H]2O1.CC(C)OC(=O)[C@H](C)N[P@]1(=O)OC[C@H]2O[C@@H](n3ccc(=O)[nH]c3=O)[C@](C)(Cl)[C@@H]2O1. The van der Waals surface area contributed by atoms with Crippen LogP contribution in [0.25, 0.3) is 0 Å². The number of fused-ring (bicyclic) bond motifs is 3. The quantitative estimate of drug-likeness (QED) is 0.0551. The van der Waals surface area contributed by atoms with Crippen LogP contribution >= 0.6 is 58.0 Å². The molecule has 0 radical (unpaired) electrons. The molecule has 9 heterocycles. The van der Waals surface area contributed by atoms with Crippen molar-refractivity contribution in [2.75, 3.05) is 19.8 Å². The lowest BCUT2D eigenvalue weighted by atomic mass is 10.0. The van der Waals surface area contributed by atoms with Crippen LogP contribution in [0, 0.1) is 0 Å². The van der Waals surface area contributed by atoms with Crippen LogP contribution in [0.15, 0.2) is 65.6 Å². The molecule has 6 aliphatic rings. The molecule has 33 nitrogen and oxygen atoms in total. The lowest BCUT2D eigenvalue weighted by molar-refractivity contribution is -0.150. The minimum absolute atomic E-state index is 0.141. The summed E-state index contributed by atoms with van der Waals surface area (Å²) in [6.45, 7) is 18.8. The first-order valence-electron chi connectivity index (χ1n) is 27.0. The van der Waals surface area contributed by atoms with Crippen LogP contribution in [0.1, 0.15) is 102 Å². The van der Waals surface area contributed by atoms with E-state index in [0.717, 1.165) is 31.9 Å². The molecule has 0 bridgehead atoms.